The summed E-state index contributed by atoms with van der Waals surface area (Å²) in [7, 11) is 0. The van der Waals surface area contributed by atoms with Crippen LogP contribution in [0.25, 0.3) is 0 Å². The molecule has 1 aliphatic rings. The molecule has 0 spiro atoms. The van der Waals surface area contributed by atoms with Crippen molar-refractivity contribution < 1.29 is 14.1 Å². The third-order valence-electron chi connectivity index (χ3n) is 3.78. The Morgan fingerprint density at radius 1 is 1.33 bits per heavy atom. The molecule has 1 saturated heterocycles. The van der Waals surface area contributed by atoms with Crippen molar-refractivity contribution in [1.29, 1.82) is 0 Å². The summed E-state index contributed by atoms with van der Waals surface area (Å²) >= 11 is 0. The smallest absolute Gasteiger partial charge is 0.409 e. The van der Waals surface area contributed by atoms with Gasteiger partial charge in [0.15, 0.2) is 5.82 Å². The summed E-state index contributed by atoms with van der Waals surface area (Å²) in [5.41, 5.74) is 1.17. The Balaban J connectivity index is 1.86. The summed E-state index contributed by atoms with van der Waals surface area (Å²) in [6.45, 7) is 3.32. The molecule has 0 saturated carbocycles. The number of hydrogen-bond donors (Lipinski definition) is 0. The summed E-state index contributed by atoms with van der Waals surface area (Å²) in [4.78, 5) is 17.8. The Labute approximate surface area is 122 Å². The number of aromatic nitrogens is 2. The van der Waals surface area contributed by atoms with E-state index >= 15 is 0 Å². The maximum Gasteiger partial charge on any atom is 0.409 e. The van der Waals surface area contributed by atoms with E-state index in [9.17, 15) is 4.79 Å². The molecule has 6 heteroatoms. The minimum Gasteiger partial charge on any atom is -0.450 e. The van der Waals surface area contributed by atoms with Crippen molar-refractivity contribution in [1.82, 2.24) is 15.0 Å². The van der Waals surface area contributed by atoms with E-state index in [4.69, 9.17) is 9.26 Å². The van der Waals surface area contributed by atoms with Crippen LogP contribution in [0.4, 0.5) is 4.79 Å². The lowest BCUT2D eigenvalue weighted by atomic mass is 9.88. The predicted octanol–water partition coefficient (Wildman–Crippen LogP) is 2.41. The summed E-state index contributed by atoms with van der Waals surface area (Å²) in [6.07, 6.45) is 1.04. The van der Waals surface area contributed by atoms with E-state index < -0.39 is 0 Å². The van der Waals surface area contributed by atoms with Gasteiger partial charge in [0.1, 0.15) is 0 Å². The van der Waals surface area contributed by atoms with E-state index in [-0.39, 0.29) is 17.9 Å². The van der Waals surface area contributed by atoms with Crippen LogP contribution in [0.3, 0.4) is 0 Å². The molecule has 1 fully saturated rings. The lowest BCUT2D eigenvalue weighted by molar-refractivity contribution is 0.115. The first-order valence-electron chi connectivity index (χ1n) is 7.02. The zero-order valence-electron chi connectivity index (χ0n) is 11.8. The molecule has 6 nitrogen and oxygen atoms in total. The van der Waals surface area contributed by atoms with Crippen molar-refractivity contribution in [3.8, 4) is 0 Å². The zero-order valence-corrected chi connectivity index (χ0v) is 11.8. The molecule has 2 atom stereocenters. The van der Waals surface area contributed by atoms with Crippen LogP contribution >= 0.6 is 0 Å². The molecule has 110 valence electrons. The summed E-state index contributed by atoms with van der Waals surface area (Å²) in [5.74, 6) is 0.805. The number of hydrogen-bond acceptors (Lipinski definition) is 5. The number of benzene rings is 1. The van der Waals surface area contributed by atoms with Crippen molar-refractivity contribution in [2.75, 3.05) is 19.7 Å². The fourth-order valence-electron chi connectivity index (χ4n) is 2.81. The highest BCUT2D eigenvalue weighted by Crippen LogP contribution is 2.38. The van der Waals surface area contributed by atoms with Crippen molar-refractivity contribution in [2.24, 2.45) is 0 Å². The third kappa shape index (κ3) is 2.74. The maximum atomic E-state index is 12.0. The van der Waals surface area contributed by atoms with E-state index in [0.29, 0.717) is 25.5 Å². The van der Waals surface area contributed by atoms with Gasteiger partial charge in [-0.05, 0) is 12.5 Å². The highest BCUT2D eigenvalue weighted by Gasteiger charge is 2.39. The SMILES string of the molecule is CCOC(=O)N1CC(c2ccccc2)C(c2ncon2)C1. The number of likely N-dealkylation sites (tertiary alicyclic amines) is 1. The van der Waals surface area contributed by atoms with Gasteiger partial charge in [0.05, 0.1) is 6.61 Å². The summed E-state index contributed by atoms with van der Waals surface area (Å²) in [5, 5.41) is 3.95. The first kappa shape index (κ1) is 13.6. The monoisotopic (exact) mass is 287 g/mol. The third-order valence-corrected chi connectivity index (χ3v) is 3.78. The standard InChI is InChI=1S/C15H17N3O3/c1-2-20-15(19)18-8-12(11-6-4-3-5-7-11)13(9-18)14-16-10-21-17-14/h3-7,10,12-13H,2,8-9H2,1H3. The molecule has 0 N–H and O–H groups in total. The number of carbonyl (C=O) groups excluding carboxylic acids is 1. The van der Waals surface area contributed by atoms with E-state index in [1.165, 1.54) is 12.0 Å². The molecule has 0 bridgehead atoms. The van der Waals surface area contributed by atoms with Gasteiger partial charge in [-0.3, -0.25) is 0 Å². The molecule has 1 amide bonds. The van der Waals surface area contributed by atoms with E-state index in [1.807, 2.05) is 18.2 Å². The van der Waals surface area contributed by atoms with E-state index in [1.54, 1.807) is 11.8 Å². The van der Waals surface area contributed by atoms with Crippen LogP contribution in [0.2, 0.25) is 0 Å². The maximum absolute atomic E-state index is 12.0. The van der Waals surface area contributed by atoms with Crippen LogP contribution in [-0.4, -0.2) is 40.8 Å². The Morgan fingerprint density at radius 3 is 2.76 bits per heavy atom. The van der Waals surface area contributed by atoms with Gasteiger partial charge in [0, 0.05) is 24.9 Å². The summed E-state index contributed by atoms with van der Waals surface area (Å²) in [6, 6.07) is 10.1. The van der Waals surface area contributed by atoms with Gasteiger partial charge in [-0.2, -0.15) is 4.98 Å². The van der Waals surface area contributed by atoms with Crippen molar-refractivity contribution in [3.05, 3.63) is 48.1 Å². The fraction of sp³-hybridized carbons (Fsp3) is 0.400. The molecule has 0 aliphatic carbocycles. The molecular weight excluding hydrogens is 270 g/mol. The highest BCUT2D eigenvalue weighted by molar-refractivity contribution is 5.68. The molecule has 1 aromatic carbocycles. The second-order valence-corrected chi connectivity index (χ2v) is 5.02. The first-order valence-corrected chi connectivity index (χ1v) is 7.02. The first-order chi connectivity index (χ1) is 10.3. The predicted molar refractivity (Wildman–Crippen MR) is 74.8 cm³/mol. The number of ether oxygens (including phenoxy) is 1. The molecule has 2 heterocycles. The van der Waals surface area contributed by atoms with Gasteiger partial charge in [-0.25, -0.2) is 4.79 Å². The van der Waals surface area contributed by atoms with Crippen molar-refractivity contribution in [3.63, 3.8) is 0 Å². The van der Waals surface area contributed by atoms with Gasteiger partial charge in [0.25, 0.3) is 0 Å². The lowest BCUT2D eigenvalue weighted by Gasteiger charge is -2.15. The van der Waals surface area contributed by atoms with E-state index in [0.717, 1.165) is 0 Å². The molecule has 2 unspecified atom stereocenters. The minimum atomic E-state index is -0.288. The van der Waals surface area contributed by atoms with Crippen molar-refractivity contribution in [2.45, 2.75) is 18.8 Å². The zero-order chi connectivity index (χ0) is 14.7. The molecule has 21 heavy (non-hydrogen) atoms. The average Bonchev–Trinajstić information content (AvgIpc) is 3.17. The topological polar surface area (TPSA) is 68.5 Å². The molecule has 3 rings (SSSR count). The lowest BCUT2D eigenvalue weighted by Crippen LogP contribution is -2.29. The molecule has 0 radical (unpaired) electrons. The molecule has 2 aromatic rings. The quantitative estimate of drug-likeness (QED) is 0.867. The number of nitrogens with zero attached hydrogens (tertiary/aromatic N) is 3. The molecule has 1 aromatic heterocycles. The Bertz CT molecular complexity index is 585. The second-order valence-electron chi connectivity index (χ2n) is 5.02. The summed E-state index contributed by atoms with van der Waals surface area (Å²) < 4.78 is 9.96. The van der Waals surface area contributed by atoms with Crippen LogP contribution in [0.15, 0.2) is 41.2 Å². The number of carbonyl (C=O) groups is 1. The Morgan fingerprint density at radius 2 is 2.10 bits per heavy atom. The van der Waals surface area contributed by atoms with Gasteiger partial charge in [-0.15, -0.1) is 0 Å². The number of rotatable bonds is 3. The van der Waals surface area contributed by atoms with Gasteiger partial charge >= 0.3 is 6.09 Å². The average molecular weight is 287 g/mol. The highest BCUT2D eigenvalue weighted by atomic mass is 16.6. The minimum absolute atomic E-state index is 0.0237. The molecular formula is C15H17N3O3. The van der Waals surface area contributed by atoms with Gasteiger partial charge < -0.3 is 14.2 Å². The normalized spacial score (nSPS) is 21.5. The van der Waals surface area contributed by atoms with Crippen LogP contribution in [0.5, 0.6) is 0 Å². The second kappa shape index (κ2) is 5.95. The van der Waals surface area contributed by atoms with Crippen molar-refractivity contribution >= 4 is 6.09 Å². The number of amides is 1. The van der Waals surface area contributed by atoms with Crippen LogP contribution in [-0.2, 0) is 4.74 Å². The Kier molecular flexibility index (Phi) is 3.85. The van der Waals surface area contributed by atoms with Gasteiger partial charge in [0.2, 0.25) is 6.39 Å². The van der Waals surface area contributed by atoms with E-state index in [2.05, 4.69) is 22.3 Å². The van der Waals surface area contributed by atoms with Gasteiger partial charge in [-0.1, -0.05) is 35.5 Å². The Hall–Kier alpha value is -2.37. The molecule has 1 aliphatic heterocycles. The van der Waals surface area contributed by atoms with Crippen LogP contribution in [0, 0.1) is 0 Å². The van der Waals surface area contributed by atoms with Crippen LogP contribution < -0.4 is 0 Å². The van der Waals surface area contributed by atoms with Crippen LogP contribution in [0.1, 0.15) is 30.1 Å². The largest absolute Gasteiger partial charge is 0.450 e. The fourth-order valence-corrected chi connectivity index (χ4v) is 2.81.